The van der Waals surface area contributed by atoms with Crippen molar-refractivity contribution in [2.45, 2.75) is 98.5 Å². The molecule has 43 heavy (non-hydrogen) atoms. The Morgan fingerprint density at radius 2 is 1.67 bits per heavy atom. The molecular weight excluding hydrogens is 557 g/mol. The lowest BCUT2D eigenvalue weighted by Gasteiger charge is -2.58. The topological polar surface area (TPSA) is 65.5 Å². The molecule has 4 aliphatic carbocycles. The van der Waals surface area contributed by atoms with Gasteiger partial charge in [0.2, 0.25) is 0 Å². The van der Waals surface area contributed by atoms with Crippen molar-refractivity contribution < 1.29 is 19.1 Å². The highest BCUT2D eigenvalue weighted by Gasteiger charge is 2.63. The summed E-state index contributed by atoms with van der Waals surface area (Å²) in [5, 5.41) is 12.7. The summed E-state index contributed by atoms with van der Waals surface area (Å²) in [4.78, 5) is 2.31. The number of allylic oxidation sites excluding steroid dienone is 4. The van der Waals surface area contributed by atoms with Crippen LogP contribution in [-0.4, -0.2) is 84.5 Å². The second-order valence-electron chi connectivity index (χ2n) is 14.2. The Hall–Kier alpha value is -1.11. The van der Waals surface area contributed by atoms with Crippen molar-refractivity contribution in [1.82, 2.24) is 14.2 Å². The molecule has 2 saturated carbocycles. The zero-order valence-corrected chi connectivity index (χ0v) is 29.1. The summed E-state index contributed by atoms with van der Waals surface area (Å²) in [5.41, 5.74) is 1.68. The summed E-state index contributed by atoms with van der Waals surface area (Å²) in [6.45, 7) is 19.1. The van der Waals surface area contributed by atoms with Gasteiger partial charge in [-0.1, -0.05) is 53.7 Å². The number of ether oxygens (including phenoxy) is 2. The maximum Gasteiger partial charge on any atom is 0.261 e. The van der Waals surface area contributed by atoms with Crippen molar-refractivity contribution >= 4 is 7.44 Å². The number of nitrogens with zero attached hydrogens (tertiary/aromatic N) is 3. The van der Waals surface area contributed by atoms with Crippen molar-refractivity contribution in [3.63, 3.8) is 0 Å². The molecular formula is C35H60N3O4P. The Kier molecular flexibility index (Phi) is 10.0. The van der Waals surface area contributed by atoms with Gasteiger partial charge < -0.3 is 19.5 Å². The summed E-state index contributed by atoms with van der Waals surface area (Å²) < 4.78 is 31.1. The number of rotatable bonds is 11. The van der Waals surface area contributed by atoms with Crippen LogP contribution in [0.3, 0.4) is 0 Å². The van der Waals surface area contributed by atoms with Crippen molar-refractivity contribution in [1.29, 1.82) is 0 Å². The number of methoxy groups -OCH3 is 1. The number of aliphatic hydroxyl groups is 1. The first-order chi connectivity index (χ1) is 20.6. The van der Waals surface area contributed by atoms with Crippen LogP contribution in [0, 0.1) is 28.6 Å². The number of hydrogen-bond donors (Lipinski definition) is 1. The lowest BCUT2D eigenvalue weighted by molar-refractivity contribution is -0.120. The van der Waals surface area contributed by atoms with Gasteiger partial charge in [0.05, 0.1) is 37.1 Å². The molecule has 1 aliphatic heterocycles. The van der Waals surface area contributed by atoms with E-state index in [1.807, 2.05) is 0 Å². The van der Waals surface area contributed by atoms with E-state index in [9.17, 15) is 5.11 Å². The van der Waals surface area contributed by atoms with Gasteiger partial charge in [0.1, 0.15) is 0 Å². The molecule has 1 N–H and O–H groups in total. The van der Waals surface area contributed by atoms with E-state index in [0.717, 1.165) is 89.0 Å². The molecule has 244 valence electrons. The van der Waals surface area contributed by atoms with Crippen molar-refractivity contribution in [3.8, 4) is 0 Å². The largest absolute Gasteiger partial charge is 0.501 e. The lowest BCUT2D eigenvalue weighted by atomic mass is 9.47. The predicted octanol–water partition coefficient (Wildman–Crippen LogP) is 7.26. The molecule has 0 spiro atoms. The fourth-order valence-corrected chi connectivity index (χ4v) is 13.4. The van der Waals surface area contributed by atoms with Gasteiger partial charge in [0.15, 0.2) is 0 Å². The van der Waals surface area contributed by atoms with Crippen LogP contribution in [0.2, 0.25) is 0 Å². The van der Waals surface area contributed by atoms with Crippen LogP contribution in [0.1, 0.15) is 92.9 Å². The Morgan fingerprint density at radius 1 is 1.05 bits per heavy atom. The van der Waals surface area contributed by atoms with Crippen LogP contribution in [0.25, 0.3) is 0 Å². The molecule has 0 aromatic rings. The van der Waals surface area contributed by atoms with E-state index in [4.69, 9.17) is 9.47 Å². The van der Waals surface area contributed by atoms with Gasteiger partial charge in [-0.2, -0.15) is 0 Å². The van der Waals surface area contributed by atoms with E-state index < -0.39 is 13.0 Å². The number of morpholine rings is 1. The van der Waals surface area contributed by atoms with Crippen LogP contribution in [0.4, 0.5) is 0 Å². The zero-order valence-electron chi connectivity index (χ0n) is 28.2. The Bertz CT molecular complexity index is 1120. The molecule has 5 aliphatic rings. The summed E-state index contributed by atoms with van der Waals surface area (Å²) in [7, 11) is -1.26. The average Bonchev–Trinajstić information content (AvgIpc) is 3.28. The van der Waals surface area contributed by atoms with E-state index in [-0.39, 0.29) is 10.8 Å². The van der Waals surface area contributed by atoms with Crippen LogP contribution in [0.5, 0.6) is 0 Å². The highest BCUT2D eigenvalue weighted by atomic mass is 31.2. The molecule has 3 fully saturated rings. The third-order valence-corrected chi connectivity index (χ3v) is 16.5. The van der Waals surface area contributed by atoms with Gasteiger partial charge in [-0.3, -0.25) is 4.57 Å². The predicted molar refractivity (Wildman–Crippen MR) is 176 cm³/mol. The summed E-state index contributed by atoms with van der Waals surface area (Å²) >= 11 is 0. The number of fused-ring (bicyclic) bond motifs is 5. The third-order valence-electron chi connectivity index (χ3n) is 12.8. The molecule has 0 aromatic heterocycles. The Balaban J connectivity index is 1.47. The first-order valence-electron chi connectivity index (χ1n) is 17.4. The number of hydrogen-bond acceptors (Lipinski definition) is 5. The van der Waals surface area contributed by atoms with Crippen LogP contribution < -0.4 is 0 Å². The highest BCUT2D eigenvalue weighted by molar-refractivity contribution is 7.63. The quantitative estimate of drug-likeness (QED) is 0.245. The second kappa shape index (κ2) is 12.9. The Morgan fingerprint density at radius 3 is 2.28 bits per heavy atom. The monoisotopic (exact) mass is 617 g/mol. The van der Waals surface area contributed by atoms with E-state index in [2.05, 4.69) is 74.0 Å². The molecule has 5 rings (SSSR count). The van der Waals surface area contributed by atoms with Gasteiger partial charge in [-0.15, -0.1) is 0 Å². The molecule has 7 nitrogen and oxygen atoms in total. The molecule has 1 saturated heterocycles. The molecule has 0 bridgehead atoms. The minimum Gasteiger partial charge on any atom is -0.501 e. The molecule has 6 atom stereocenters. The smallest absolute Gasteiger partial charge is 0.261 e. The minimum absolute atomic E-state index is 0.140. The zero-order chi connectivity index (χ0) is 31.0. The SMILES string of the molecule is CCN(CC)P(=O)(C(=CC[C@]1(O)CC[C@H]2[C@@H]3CC=C4C=C(OC)CC[C@]4(C)[C@H]3CC[C@@]21C)N1CCOCC1)N(CC)CC. The van der Waals surface area contributed by atoms with E-state index in [1.54, 1.807) is 7.11 Å². The minimum atomic E-state index is -3.06. The lowest BCUT2D eigenvalue weighted by Crippen LogP contribution is -2.54. The fraction of sp³-hybridized carbons (Fsp3) is 0.829. The fourth-order valence-electron chi connectivity index (χ4n) is 10.1. The first-order valence-corrected chi connectivity index (χ1v) is 19.0. The van der Waals surface area contributed by atoms with Gasteiger partial charge in [-0.25, -0.2) is 9.34 Å². The van der Waals surface area contributed by atoms with Crippen molar-refractivity contribution in [2.24, 2.45) is 28.6 Å². The first kappa shape index (κ1) is 33.3. The van der Waals surface area contributed by atoms with E-state index in [1.165, 1.54) is 12.0 Å². The van der Waals surface area contributed by atoms with Crippen molar-refractivity contribution in [3.05, 3.63) is 35.0 Å². The molecule has 0 amide bonds. The van der Waals surface area contributed by atoms with Crippen LogP contribution in [0.15, 0.2) is 35.0 Å². The molecule has 0 radical (unpaired) electrons. The molecule has 0 aromatic carbocycles. The summed E-state index contributed by atoms with van der Waals surface area (Å²) in [6, 6.07) is 0. The van der Waals surface area contributed by atoms with Gasteiger partial charge in [-0.05, 0) is 85.2 Å². The van der Waals surface area contributed by atoms with Gasteiger partial charge in [0.25, 0.3) is 7.44 Å². The van der Waals surface area contributed by atoms with Crippen LogP contribution in [-0.2, 0) is 14.0 Å². The molecule has 8 heteroatoms. The Labute approximate surface area is 262 Å². The van der Waals surface area contributed by atoms with Gasteiger partial charge in [0, 0.05) is 45.7 Å². The van der Waals surface area contributed by atoms with Gasteiger partial charge >= 0.3 is 0 Å². The van der Waals surface area contributed by atoms with E-state index in [0.29, 0.717) is 37.4 Å². The maximum atomic E-state index is 15.4. The average molecular weight is 618 g/mol. The summed E-state index contributed by atoms with van der Waals surface area (Å²) in [5.74, 6) is 2.90. The molecule has 0 unspecified atom stereocenters. The molecule has 1 heterocycles. The normalized spacial score (nSPS) is 36.7. The maximum absolute atomic E-state index is 15.4. The standard InChI is InChI=1S/C35H60N3O4P/c1-8-37(9-2)43(40,38(10-3)11-4)32(36-22-24-42-25-23-36)17-21-35(39)20-16-31-29-13-12-27-26-28(41-7)14-18-33(27,5)30(29)15-19-34(31,35)6/h12,17,26,29-31,39H,8-11,13-16,18-25H2,1-7H3/t29-,30+,31+,33+,34+,35-/m1/s1. The van der Waals surface area contributed by atoms with Crippen molar-refractivity contribution in [2.75, 3.05) is 59.6 Å². The highest BCUT2D eigenvalue weighted by Crippen LogP contribution is 2.68. The van der Waals surface area contributed by atoms with Crippen LogP contribution >= 0.6 is 7.44 Å². The third kappa shape index (κ3) is 5.41. The van der Waals surface area contributed by atoms with E-state index >= 15 is 4.57 Å². The summed E-state index contributed by atoms with van der Waals surface area (Å²) in [6.07, 6.45) is 15.0. The second-order valence-corrected chi connectivity index (χ2v) is 16.9.